The van der Waals surface area contributed by atoms with E-state index in [0.29, 0.717) is 6.42 Å². The molecular weight excluding hydrogens is 460 g/mol. The maximum Gasteiger partial charge on any atom is 0.328 e. The van der Waals surface area contributed by atoms with Crippen molar-refractivity contribution in [3.8, 4) is 11.1 Å². The number of H-pyrrole nitrogens is 1. The molecule has 2 heterocycles. The van der Waals surface area contributed by atoms with Crippen LogP contribution < -0.4 is 9.58 Å². The lowest BCUT2D eigenvalue weighted by Gasteiger charge is -2.44. The van der Waals surface area contributed by atoms with Gasteiger partial charge >= 0.3 is 5.97 Å². The van der Waals surface area contributed by atoms with Crippen molar-refractivity contribution in [2.24, 2.45) is 7.05 Å². The SMILES string of the molecule is CC1Cc2cc(-c3c[nH][n+](C)c3)ccc2C(c2c(F)cc(/C=C/C(=O)O)cc2F)N1c1ccccc1. The molecule has 5 nitrogen and oxygen atoms in total. The highest BCUT2D eigenvalue weighted by molar-refractivity contribution is 5.85. The molecule has 0 amide bonds. The third-order valence-electron chi connectivity index (χ3n) is 6.64. The smallest absolute Gasteiger partial charge is 0.328 e. The summed E-state index contributed by atoms with van der Waals surface area (Å²) in [6.45, 7) is 2.06. The van der Waals surface area contributed by atoms with Crippen LogP contribution in [0, 0.1) is 11.6 Å². The minimum atomic E-state index is -1.18. The number of nitrogens with zero attached hydrogens (tertiary/aromatic N) is 2. The highest BCUT2D eigenvalue weighted by Crippen LogP contribution is 2.43. The third-order valence-corrected chi connectivity index (χ3v) is 6.64. The Hall–Kier alpha value is -4.26. The van der Waals surface area contributed by atoms with Crippen LogP contribution in [0.5, 0.6) is 0 Å². The number of hydrogen-bond donors (Lipinski definition) is 2. The number of carboxylic acid groups (broad SMARTS) is 1. The van der Waals surface area contributed by atoms with Crippen molar-refractivity contribution >= 4 is 17.7 Å². The number of aliphatic carboxylic acids is 1. The van der Waals surface area contributed by atoms with Gasteiger partial charge in [0.25, 0.3) is 0 Å². The number of aryl methyl sites for hydroxylation is 1. The van der Waals surface area contributed by atoms with E-state index < -0.39 is 23.6 Å². The van der Waals surface area contributed by atoms with Crippen LogP contribution in [0.15, 0.2) is 79.1 Å². The van der Waals surface area contributed by atoms with Crippen molar-refractivity contribution in [3.05, 3.63) is 113 Å². The summed E-state index contributed by atoms with van der Waals surface area (Å²) in [5, 5.41) is 12.0. The number of para-hydroxylation sites is 1. The summed E-state index contributed by atoms with van der Waals surface area (Å²) in [6, 6.07) is 17.3. The molecule has 0 spiro atoms. The molecule has 0 bridgehead atoms. The van der Waals surface area contributed by atoms with Crippen LogP contribution in [-0.2, 0) is 18.3 Å². The molecule has 1 aliphatic heterocycles. The van der Waals surface area contributed by atoms with Gasteiger partial charge in [0, 0.05) is 17.8 Å². The molecule has 4 aromatic rings. The van der Waals surface area contributed by atoms with Crippen LogP contribution >= 0.6 is 0 Å². The molecular formula is C29H26F2N3O2+. The highest BCUT2D eigenvalue weighted by atomic mass is 19.1. The standard InChI is InChI=1S/C29H25F2N3O2/c1-18-12-21-15-20(22-16-32-33(2)17-22)9-10-24(21)29(34(18)23-6-4-3-5-7-23)28-25(30)13-19(14-26(28)31)8-11-27(35)36/h3-11,13-18,29H,12H2,1-2H3,(H,35,36)/p+1/b11-8+. The molecule has 2 atom stereocenters. The first-order valence-corrected chi connectivity index (χ1v) is 11.7. The van der Waals surface area contributed by atoms with Gasteiger partial charge < -0.3 is 10.0 Å². The van der Waals surface area contributed by atoms with Gasteiger partial charge in [0.1, 0.15) is 11.6 Å². The van der Waals surface area contributed by atoms with Gasteiger partial charge in [-0.3, -0.25) is 0 Å². The van der Waals surface area contributed by atoms with E-state index in [-0.39, 0.29) is 17.2 Å². The van der Waals surface area contributed by atoms with Gasteiger partial charge in [-0.2, -0.15) is 5.10 Å². The fraction of sp³-hybridized carbons (Fsp3) is 0.172. The Balaban J connectivity index is 1.68. The van der Waals surface area contributed by atoms with Gasteiger partial charge in [-0.25, -0.2) is 13.6 Å². The number of hydrogen-bond acceptors (Lipinski definition) is 2. The first-order valence-electron chi connectivity index (χ1n) is 11.7. The molecule has 7 heteroatoms. The molecule has 5 rings (SSSR count). The Morgan fingerprint density at radius 2 is 1.81 bits per heavy atom. The van der Waals surface area contributed by atoms with E-state index in [1.165, 1.54) is 18.2 Å². The molecule has 36 heavy (non-hydrogen) atoms. The third kappa shape index (κ3) is 4.40. The molecule has 0 fully saturated rings. The number of rotatable bonds is 5. The van der Waals surface area contributed by atoms with Gasteiger partial charge in [-0.15, -0.1) is 4.68 Å². The lowest BCUT2D eigenvalue weighted by atomic mass is 9.82. The zero-order valence-corrected chi connectivity index (χ0v) is 20.0. The van der Waals surface area contributed by atoms with Crippen LogP contribution in [0.4, 0.5) is 14.5 Å². The highest BCUT2D eigenvalue weighted by Gasteiger charge is 2.37. The van der Waals surface area contributed by atoms with E-state index in [0.717, 1.165) is 34.0 Å². The largest absolute Gasteiger partial charge is 0.478 e. The maximum absolute atomic E-state index is 15.6. The molecule has 0 aliphatic carbocycles. The van der Waals surface area contributed by atoms with Crippen LogP contribution in [-0.4, -0.2) is 22.2 Å². The number of benzene rings is 3. The lowest BCUT2D eigenvalue weighted by molar-refractivity contribution is -0.726. The van der Waals surface area contributed by atoms with Gasteiger partial charge in [-0.1, -0.05) is 36.4 Å². The summed E-state index contributed by atoms with van der Waals surface area (Å²) in [5.41, 5.74) is 4.90. The summed E-state index contributed by atoms with van der Waals surface area (Å²) in [6.07, 6.45) is 6.68. The Morgan fingerprint density at radius 1 is 1.08 bits per heavy atom. The fourth-order valence-corrected chi connectivity index (χ4v) is 5.09. The summed E-state index contributed by atoms with van der Waals surface area (Å²) in [7, 11) is 1.92. The summed E-state index contributed by atoms with van der Waals surface area (Å²) in [5.74, 6) is -2.61. The summed E-state index contributed by atoms with van der Waals surface area (Å²) in [4.78, 5) is 12.9. The van der Waals surface area contributed by atoms with Gasteiger partial charge in [-0.05, 0) is 65.9 Å². The Morgan fingerprint density at radius 3 is 2.44 bits per heavy atom. The molecule has 2 unspecified atom stereocenters. The fourth-order valence-electron chi connectivity index (χ4n) is 5.09. The van der Waals surface area contributed by atoms with Gasteiger partial charge in [0.2, 0.25) is 6.20 Å². The number of nitrogens with one attached hydrogen (secondary N) is 1. The number of fused-ring (bicyclic) bond motifs is 1. The zero-order chi connectivity index (χ0) is 25.4. The van der Waals surface area contributed by atoms with E-state index in [1.54, 1.807) is 0 Å². The van der Waals surface area contributed by atoms with Crippen molar-refractivity contribution in [2.45, 2.75) is 25.4 Å². The van der Waals surface area contributed by atoms with Gasteiger partial charge in [0.15, 0.2) is 7.05 Å². The van der Waals surface area contributed by atoms with Crippen molar-refractivity contribution in [1.82, 2.24) is 5.10 Å². The van der Waals surface area contributed by atoms with E-state index >= 15 is 8.78 Å². The molecule has 1 aromatic heterocycles. The zero-order valence-electron chi connectivity index (χ0n) is 20.0. The summed E-state index contributed by atoms with van der Waals surface area (Å²) >= 11 is 0. The quantitative estimate of drug-likeness (QED) is 0.292. The minimum absolute atomic E-state index is 0.0344. The Kier molecular flexibility index (Phi) is 6.14. The second-order valence-corrected chi connectivity index (χ2v) is 9.15. The van der Waals surface area contributed by atoms with Crippen LogP contribution in [0.1, 0.15) is 35.2 Å². The first kappa shape index (κ1) is 23.5. The molecule has 0 saturated heterocycles. The number of halogens is 2. The van der Waals surface area contributed by atoms with E-state index in [9.17, 15) is 4.79 Å². The van der Waals surface area contributed by atoms with Crippen molar-refractivity contribution in [3.63, 3.8) is 0 Å². The average Bonchev–Trinajstić information content (AvgIpc) is 3.28. The van der Waals surface area contributed by atoms with E-state index in [2.05, 4.69) is 23.0 Å². The van der Waals surface area contributed by atoms with Crippen LogP contribution in [0.25, 0.3) is 17.2 Å². The van der Waals surface area contributed by atoms with Crippen molar-refractivity contribution < 1.29 is 23.4 Å². The second kappa shape index (κ2) is 9.41. The lowest BCUT2D eigenvalue weighted by Crippen LogP contribution is -2.43. The summed E-state index contributed by atoms with van der Waals surface area (Å²) < 4.78 is 33.1. The molecule has 0 radical (unpaired) electrons. The monoisotopic (exact) mass is 486 g/mol. The number of carbonyl (C=O) groups is 1. The predicted octanol–water partition coefficient (Wildman–Crippen LogP) is 5.42. The maximum atomic E-state index is 15.6. The molecule has 3 aromatic carbocycles. The number of carboxylic acids is 1. The van der Waals surface area contributed by atoms with Crippen LogP contribution in [0.2, 0.25) is 0 Å². The predicted molar refractivity (Wildman–Crippen MR) is 134 cm³/mol. The topological polar surface area (TPSA) is 60.2 Å². The number of aromatic amines is 1. The first-order chi connectivity index (χ1) is 17.3. The average molecular weight is 487 g/mol. The number of anilines is 1. The molecule has 2 N–H and O–H groups in total. The number of aromatic nitrogens is 2. The Bertz CT molecular complexity index is 1440. The molecule has 0 saturated carbocycles. The van der Waals surface area contributed by atoms with Crippen molar-refractivity contribution in [2.75, 3.05) is 4.90 Å². The van der Waals surface area contributed by atoms with Gasteiger partial charge in [0.05, 0.1) is 23.4 Å². The molecule has 1 aliphatic rings. The minimum Gasteiger partial charge on any atom is -0.478 e. The van der Waals surface area contributed by atoms with Crippen LogP contribution in [0.3, 0.4) is 0 Å². The molecule has 182 valence electrons. The normalized spacial score (nSPS) is 17.4. The van der Waals surface area contributed by atoms with E-state index in [1.807, 2.05) is 66.6 Å². The Labute approximate surface area is 207 Å². The second-order valence-electron chi connectivity index (χ2n) is 9.15. The van der Waals surface area contributed by atoms with Crippen molar-refractivity contribution in [1.29, 1.82) is 0 Å². The van der Waals surface area contributed by atoms with E-state index in [4.69, 9.17) is 5.11 Å².